The number of piperidine rings is 1. The lowest BCUT2D eigenvalue weighted by molar-refractivity contribution is -0.133. The Hall–Kier alpha value is -0.100. The average Bonchev–Trinajstić information content (AvgIpc) is 2.75. The third-order valence-electron chi connectivity index (χ3n) is 3.03. The van der Waals surface area contributed by atoms with Crippen molar-refractivity contribution in [2.24, 2.45) is 0 Å². The van der Waals surface area contributed by atoms with E-state index in [-0.39, 0.29) is 24.4 Å². The van der Waals surface area contributed by atoms with Crippen LogP contribution in [0.15, 0.2) is 15.2 Å². The molecule has 2 heterocycles. The molecule has 1 atom stereocenters. The summed E-state index contributed by atoms with van der Waals surface area (Å²) in [6.07, 6.45) is 3.31. The Morgan fingerprint density at radius 3 is 2.94 bits per heavy atom. The number of thiophene rings is 1. The van der Waals surface area contributed by atoms with Crippen molar-refractivity contribution in [3.63, 3.8) is 0 Å². The molecule has 1 aliphatic rings. The smallest absolute Gasteiger partial charge is 0.239 e. The number of nitrogens with zero attached hydrogens (tertiary/aromatic N) is 1. The summed E-state index contributed by atoms with van der Waals surface area (Å²) in [6.45, 7) is 1.66. The Labute approximate surface area is 126 Å². The zero-order chi connectivity index (χ0) is 12.3. The fourth-order valence-corrected chi connectivity index (χ4v) is 3.31. The van der Waals surface area contributed by atoms with Crippen LogP contribution in [0.4, 0.5) is 0 Å². The highest BCUT2D eigenvalue weighted by Crippen LogP contribution is 2.22. The van der Waals surface area contributed by atoms with E-state index in [2.05, 4.69) is 32.7 Å². The molecule has 0 aromatic carbocycles. The van der Waals surface area contributed by atoms with Gasteiger partial charge >= 0.3 is 0 Å². The largest absolute Gasteiger partial charge is 0.340 e. The fourth-order valence-electron chi connectivity index (χ4n) is 2.11. The van der Waals surface area contributed by atoms with Crippen LogP contribution in [0.25, 0.3) is 0 Å². The molecule has 102 valence electrons. The highest BCUT2D eigenvalue weighted by Gasteiger charge is 2.23. The van der Waals surface area contributed by atoms with Crippen molar-refractivity contribution in [1.29, 1.82) is 0 Å². The lowest BCUT2D eigenvalue weighted by Crippen LogP contribution is -2.46. The van der Waals surface area contributed by atoms with Crippen LogP contribution in [0.3, 0.4) is 0 Å². The molecule has 2 rings (SSSR count). The van der Waals surface area contributed by atoms with Crippen molar-refractivity contribution in [2.75, 3.05) is 13.6 Å². The molecule has 18 heavy (non-hydrogen) atoms. The molecular formula is C12H18BrClN2OS. The zero-order valence-electron chi connectivity index (χ0n) is 10.3. The fraction of sp³-hybridized carbons (Fsp3) is 0.583. The zero-order valence-corrected chi connectivity index (χ0v) is 13.5. The summed E-state index contributed by atoms with van der Waals surface area (Å²) in [5.41, 5.74) is 1.19. The normalized spacial score (nSPS) is 19.1. The number of carbonyl (C=O) groups is 1. The first kappa shape index (κ1) is 16.0. The number of hydrogen-bond donors (Lipinski definition) is 1. The Morgan fingerprint density at radius 2 is 2.39 bits per heavy atom. The predicted molar refractivity (Wildman–Crippen MR) is 81.4 cm³/mol. The molecule has 6 heteroatoms. The summed E-state index contributed by atoms with van der Waals surface area (Å²) >= 11 is 5.10. The summed E-state index contributed by atoms with van der Waals surface area (Å²) in [6, 6.07) is 2.10. The number of nitrogens with one attached hydrogen (secondary N) is 1. The van der Waals surface area contributed by atoms with Gasteiger partial charge in [-0.05, 0) is 52.3 Å². The topological polar surface area (TPSA) is 32.3 Å². The molecule has 1 saturated heterocycles. The van der Waals surface area contributed by atoms with Gasteiger partial charge < -0.3 is 10.2 Å². The summed E-state index contributed by atoms with van der Waals surface area (Å²) in [7, 11) is 1.88. The lowest BCUT2D eigenvalue weighted by Gasteiger charge is -2.27. The van der Waals surface area contributed by atoms with E-state index >= 15 is 0 Å². The van der Waals surface area contributed by atoms with Gasteiger partial charge in [-0.1, -0.05) is 6.42 Å². The van der Waals surface area contributed by atoms with Gasteiger partial charge in [0.05, 0.1) is 9.83 Å². The Morgan fingerprint density at radius 1 is 1.61 bits per heavy atom. The molecule has 0 bridgehead atoms. The quantitative estimate of drug-likeness (QED) is 0.906. The van der Waals surface area contributed by atoms with Gasteiger partial charge in [0.25, 0.3) is 0 Å². The molecule has 1 N–H and O–H groups in total. The molecule has 1 aliphatic heterocycles. The first-order valence-electron chi connectivity index (χ1n) is 5.88. The van der Waals surface area contributed by atoms with Crippen molar-refractivity contribution in [1.82, 2.24) is 10.2 Å². The van der Waals surface area contributed by atoms with Gasteiger partial charge in [0.15, 0.2) is 0 Å². The van der Waals surface area contributed by atoms with E-state index in [1.54, 1.807) is 11.3 Å². The predicted octanol–water partition coefficient (Wildman–Crippen LogP) is 3.03. The number of likely N-dealkylation sites (N-methyl/N-ethyl adjacent to an activating group) is 1. The van der Waals surface area contributed by atoms with E-state index in [0.29, 0.717) is 6.54 Å². The molecule has 3 nitrogen and oxygen atoms in total. The highest BCUT2D eigenvalue weighted by molar-refractivity contribution is 9.11. The van der Waals surface area contributed by atoms with E-state index in [1.807, 2.05) is 11.9 Å². The Kier molecular flexibility index (Phi) is 6.63. The van der Waals surface area contributed by atoms with Crippen LogP contribution in [0.2, 0.25) is 0 Å². The monoisotopic (exact) mass is 352 g/mol. The van der Waals surface area contributed by atoms with E-state index in [4.69, 9.17) is 0 Å². The molecule has 0 unspecified atom stereocenters. The third kappa shape index (κ3) is 4.23. The minimum atomic E-state index is 0. The van der Waals surface area contributed by atoms with Gasteiger partial charge in [0.2, 0.25) is 5.91 Å². The van der Waals surface area contributed by atoms with Gasteiger partial charge in [0, 0.05) is 13.6 Å². The van der Waals surface area contributed by atoms with Crippen LogP contribution >= 0.6 is 39.7 Å². The summed E-state index contributed by atoms with van der Waals surface area (Å²) < 4.78 is 1.11. The average molecular weight is 354 g/mol. The van der Waals surface area contributed by atoms with Gasteiger partial charge in [-0.3, -0.25) is 4.79 Å². The van der Waals surface area contributed by atoms with Gasteiger partial charge in [-0.15, -0.1) is 23.7 Å². The second-order valence-corrected chi connectivity index (χ2v) is 6.75. The van der Waals surface area contributed by atoms with Crippen molar-refractivity contribution in [3.8, 4) is 0 Å². The number of carbonyl (C=O) groups excluding carboxylic acids is 1. The van der Waals surface area contributed by atoms with Crippen LogP contribution in [0.1, 0.15) is 24.8 Å². The molecule has 0 spiro atoms. The van der Waals surface area contributed by atoms with E-state index in [9.17, 15) is 4.79 Å². The van der Waals surface area contributed by atoms with Crippen molar-refractivity contribution in [3.05, 3.63) is 20.8 Å². The van der Waals surface area contributed by atoms with Crippen molar-refractivity contribution >= 4 is 45.6 Å². The van der Waals surface area contributed by atoms with E-state index in [0.717, 1.165) is 23.2 Å². The Bertz CT molecular complexity index is 393. The molecular weight excluding hydrogens is 336 g/mol. The maximum atomic E-state index is 12.2. The van der Waals surface area contributed by atoms with Crippen LogP contribution in [0.5, 0.6) is 0 Å². The van der Waals surface area contributed by atoms with Crippen LogP contribution in [-0.4, -0.2) is 30.4 Å². The number of halogens is 2. The standard InChI is InChI=1S/C12H17BrN2OS.ClH/c1-15(7-9-6-11(13)17-8-9)12(16)10-4-2-3-5-14-10;/h6,8,10,14H,2-5,7H2,1H3;1H/t10-;/m0./s1. The maximum Gasteiger partial charge on any atom is 0.239 e. The lowest BCUT2D eigenvalue weighted by atomic mass is 10.0. The molecule has 0 saturated carbocycles. The first-order valence-corrected chi connectivity index (χ1v) is 7.55. The van der Waals surface area contributed by atoms with Crippen molar-refractivity contribution in [2.45, 2.75) is 31.8 Å². The van der Waals surface area contributed by atoms with Crippen molar-refractivity contribution < 1.29 is 4.79 Å². The number of hydrogen-bond acceptors (Lipinski definition) is 3. The minimum absolute atomic E-state index is 0. The van der Waals surface area contributed by atoms with Crippen LogP contribution in [-0.2, 0) is 11.3 Å². The second-order valence-electron chi connectivity index (χ2n) is 4.46. The van der Waals surface area contributed by atoms with E-state index < -0.39 is 0 Å². The van der Waals surface area contributed by atoms with Crippen LogP contribution in [0, 0.1) is 0 Å². The first-order chi connectivity index (χ1) is 8.16. The molecule has 0 radical (unpaired) electrons. The third-order valence-corrected chi connectivity index (χ3v) is 4.58. The molecule has 1 fully saturated rings. The van der Waals surface area contributed by atoms with E-state index in [1.165, 1.54) is 12.0 Å². The van der Waals surface area contributed by atoms with Gasteiger partial charge in [-0.2, -0.15) is 0 Å². The number of amides is 1. The molecule has 1 aromatic rings. The summed E-state index contributed by atoms with van der Waals surface area (Å²) in [5.74, 6) is 0.215. The van der Waals surface area contributed by atoms with Gasteiger partial charge in [0.1, 0.15) is 0 Å². The Balaban J connectivity index is 0.00000162. The minimum Gasteiger partial charge on any atom is -0.340 e. The highest BCUT2D eigenvalue weighted by atomic mass is 79.9. The molecule has 0 aliphatic carbocycles. The summed E-state index contributed by atoms with van der Waals surface area (Å²) in [5, 5.41) is 5.38. The molecule has 1 amide bonds. The molecule has 1 aromatic heterocycles. The SMILES string of the molecule is CN(Cc1csc(Br)c1)C(=O)[C@@H]1CCCCN1.Cl. The maximum absolute atomic E-state index is 12.2. The van der Waals surface area contributed by atoms with Crippen LogP contribution < -0.4 is 5.32 Å². The van der Waals surface area contributed by atoms with Gasteiger partial charge in [-0.25, -0.2) is 0 Å². The summed E-state index contributed by atoms with van der Waals surface area (Å²) in [4.78, 5) is 14.0. The second kappa shape index (κ2) is 7.48. The number of rotatable bonds is 3.